The number of nitrogens with zero attached hydrogens (tertiary/aromatic N) is 6. The molecule has 1 aliphatic heterocycles. The molecule has 0 unspecified atom stereocenters. The highest BCUT2D eigenvalue weighted by atomic mass is 16.5. The minimum atomic E-state index is -0.216. The second-order valence-corrected chi connectivity index (χ2v) is 8.12. The van der Waals surface area contributed by atoms with E-state index in [0.29, 0.717) is 18.3 Å². The maximum absolute atomic E-state index is 13.2. The number of hydrogen-bond donors (Lipinski definition) is 0. The van der Waals surface area contributed by atoms with Gasteiger partial charge in [-0.25, -0.2) is 9.97 Å². The molecule has 1 fully saturated rings. The van der Waals surface area contributed by atoms with Crippen molar-refractivity contribution in [3.63, 3.8) is 0 Å². The van der Waals surface area contributed by atoms with E-state index in [1.165, 1.54) is 0 Å². The van der Waals surface area contributed by atoms with Crippen molar-refractivity contribution in [2.75, 3.05) is 25.5 Å². The summed E-state index contributed by atoms with van der Waals surface area (Å²) in [4.78, 5) is 26.1. The Balaban J connectivity index is 1.73. The molecule has 0 aliphatic carbocycles. The van der Waals surface area contributed by atoms with Crippen LogP contribution in [0.3, 0.4) is 0 Å². The van der Waals surface area contributed by atoms with Gasteiger partial charge in [0.05, 0.1) is 28.7 Å². The summed E-state index contributed by atoms with van der Waals surface area (Å²) in [6, 6.07) is 3.37. The van der Waals surface area contributed by atoms with Crippen molar-refractivity contribution in [3.05, 3.63) is 41.2 Å². The monoisotopic (exact) mass is 410 g/mol. The van der Waals surface area contributed by atoms with Crippen molar-refractivity contribution in [3.8, 4) is 11.3 Å². The fourth-order valence-electron chi connectivity index (χ4n) is 3.63. The van der Waals surface area contributed by atoms with E-state index >= 15 is 0 Å². The third-order valence-corrected chi connectivity index (χ3v) is 5.26. The van der Waals surface area contributed by atoms with Gasteiger partial charge in [-0.2, -0.15) is 0 Å². The molecule has 0 bridgehead atoms. The first kappa shape index (κ1) is 20.1. The molecular formula is C21H26N6O3. The number of rotatable bonds is 5. The van der Waals surface area contributed by atoms with Gasteiger partial charge in [-0.15, -0.1) is 0 Å². The smallest absolute Gasteiger partial charge is 0.293 e. The third-order valence-electron chi connectivity index (χ3n) is 5.26. The first-order chi connectivity index (χ1) is 14.3. The third kappa shape index (κ3) is 3.67. The predicted octanol–water partition coefficient (Wildman–Crippen LogP) is 3.59. The Morgan fingerprint density at radius 3 is 2.67 bits per heavy atom. The van der Waals surface area contributed by atoms with Gasteiger partial charge >= 0.3 is 0 Å². The highest BCUT2D eigenvalue weighted by molar-refractivity contribution is 5.92. The number of hydrogen-bond acceptors (Lipinski definition) is 8. The van der Waals surface area contributed by atoms with Gasteiger partial charge in [-0.1, -0.05) is 24.2 Å². The second-order valence-electron chi connectivity index (χ2n) is 8.12. The summed E-state index contributed by atoms with van der Waals surface area (Å²) in [7, 11) is 3.77. The Labute approximate surface area is 175 Å². The van der Waals surface area contributed by atoms with Gasteiger partial charge in [-0.05, 0) is 25.7 Å². The summed E-state index contributed by atoms with van der Waals surface area (Å²) < 4.78 is 10.8. The van der Waals surface area contributed by atoms with Crippen molar-refractivity contribution in [2.45, 2.75) is 45.6 Å². The standard InChI is InChI=1S/C21H26N6O3/c1-12(2)15-10-18(30-25-15)20(28)27-8-6-7-16(27)19-14(17-9-13(3)24-29-17)11-22-21(23-19)26(4)5/h9-12,16H,6-8H2,1-5H3/t16-/m0/s1. The lowest BCUT2D eigenvalue weighted by molar-refractivity contribution is 0.0690. The fraction of sp³-hybridized carbons (Fsp3) is 0.476. The average Bonchev–Trinajstić information content (AvgIpc) is 3.47. The highest BCUT2D eigenvalue weighted by Crippen LogP contribution is 2.38. The van der Waals surface area contributed by atoms with Gasteiger partial charge in [0.2, 0.25) is 11.7 Å². The Morgan fingerprint density at radius 1 is 1.23 bits per heavy atom. The zero-order valence-corrected chi connectivity index (χ0v) is 17.9. The second kappa shape index (κ2) is 7.89. The Bertz CT molecular complexity index is 1050. The minimum absolute atomic E-state index is 0.179. The van der Waals surface area contributed by atoms with Crippen LogP contribution in [0.4, 0.5) is 5.95 Å². The normalized spacial score (nSPS) is 16.5. The predicted molar refractivity (Wildman–Crippen MR) is 110 cm³/mol. The number of anilines is 1. The van der Waals surface area contributed by atoms with Crippen LogP contribution in [0.15, 0.2) is 27.4 Å². The molecule has 4 heterocycles. The zero-order valence-electron chi connectivity index (χ0n) is 17.9. The van der Waals surface area contributed by atoms with Gasteiger partial charge in [0, 0.05) is 39.0 Å². The number of carbonyl (C=O) groups excluding carboxylic acids is 1. The molecule has 4 rings (SSSR count). The SMILES string of the molecule is Cc1cc(-c2cnc(N(C)C)nc2[C@@H]2CCCN2C(=O)c2cc(C(C)C)no2)on1. The van der Waals surface area contributed by atoms with Crippen molar-refractivity contribution >= 4 is 11.9 Å². The maximum Gasteiger partial charge on any atom is 0.293 e. The molecule has 30 heavy (non-hydrogen) atoms. The van der Waals surface area contributed by atoms with E-state index in [2.05, 4.69) is 15.3 Å². The molecule has 9 heteroatoms. The number of likely N-dealkylation sites (tertiary alicyclic amines) is 1. The molecule has 0 spiro atoms. The van der Waals surface area contributed by atoms with Gasteiger partial charge in [0.15, 0.2) is 5.76 Å². The molecule has 1 atom stereocenters. The maximum atomic E-state index is 13.2. The van der Waals surface area contributed by atoms with Crippen molar-refractivity contribution < 1.29 is 13.8 Å². The molecule has 0 saturated carbocycles. The number of carbonyl (C=O) groups is 1. The van der Waals surface area contributed by atoms with Crippen LogP contribution in [-0.4, -0.2) is 51.7 Å². The average molecular weight is 410 g/mol. The Morgan fingerprint density at radius 2 is 2.03 bits per heavy atom. The summed E-state index contributed by atoms with van der Waals surface area (Å²) in [5.74, 6) is 1.43. The van der Waals surface area contributed by atoms with Crippen LogP contribution in [-0.2, 0) is 0 Å². The molecule has 3 aromatic heterocycles. The van der Waals surface area contributed by atoms with E-state index in [0.717, 1.165) is 35.5 Å². The molecule has 0 N–H and O–H groups in total. The molecule has 0 radical (unpaired) electrons. The fourth-order valence-corrected chi connectivity index (χ4v) is 3.63. The van der Waals surface area contributed by atoms with E-state index in [1.807, 2.05) is 45.8 Å². The highest BCUT2D eigenvalue weighted by Gasteiger charge is 2.36. The summed E-state index contributed by atoms with van der Waals surface area (Å²) >= 11 is 0. The number of aryl methyl sites for hydroxylation is 1. The molecule has 3 aromatic rings. The van der Waals surface area contributed by atoms with Gasteiger partial charge < -0.3 is 18.8 Å². The Hall–Kier alpha value is -3.23. The topological polar surface area (TPSA) is 101 Å². The zero-order chi connectivity index (χ0) is 21.4. The minimum Gasteiger partial charge on any atom is -0.356 e. The lowest BCUT2D eigenvalue weighted by Gasteiger charge is -2.25. The largest absolute Gasteiger partial charge is 0.356 e. The Kier molecular flexibility index (Phi) is 5.27. The lowest BCUT2D eigenvalue weighted by Crippen LogP contribution is -2.31. The van der Waals surface area contributed by atoms with Crippen molar-refractivity contribution in [2.24, 2.45) is 0 Å². The van der Waals surface area contributed by atoms with E-state index in [-0.39, 0.29) is 23.6 Å². The quantitative estimate of drug-likeness (QED) is 0.629. The first-order valence-corrected chi connectivity index (χ1v) is 10.1. The number of amides is 1. The molecule has 1 saturated heterocycles. The van der Waals surface area contributed by atoms with Gasteiger partial charge in [0.1, 0.15) is 0 Å². The van der Waals surface area contributed by atoms with Crippen molar-refractivity contribution in [1.29, 1.82) is 0 Å². The van der Waals surface area contributed by atoms with Crippen LogP contribution in [0.1, 0.15) is 66.3 Å². The lowest BCUT2D eigenvalue weighted by atomic mass is 10.0. The van der Waals surface area contributed by atoms with Crippen LogP contribution >= 0.6 is 0 Å². The molecule has 1 amide bonds. The van der Waals surface area contributed by atoms with Gasteiger partial charge in [-0.3, -0.25) is 4.79 Å². The summed E-state index contributed by atoms with van der Waals surface area (Å²) in [6.07, 6.45) is 3.41. The summed E-state index contributed by atoms with van der Waals surface area (Å²) in [5.41, 5.74) is 3.03. The van der Waals surface area contributed by atoms with Crippen LogP contribution in [0.2, 0.25) is 0 Å². The first-order valence-electron chi connectivity index (χ1n) is 10.1. The van der Waals surface area contributed by atoms with E-state index < -0.39 is 0 Å². The van der Waals surface area contributed by atoms with E-state index in [1.54, 1.807) is 17.2 Å². The summed E-state index contributed by atoms with van der Waals surface area (Å²) in [6.45, 7) is 6.51. The molecule has 0 aromatic carbocycles. The molecule has 158 valence electrons. The van der Waals surface area contributed by atoms with Crippen LogP contribution in [0.25, 0.3) is 11.3 Å². The molecule has 1 aliphatic rings. The van der Waals surface area contributed by atoms with Crippen LogP contribution in [0.5, 0.6) is 0 Å². The van der Waals surface area contributed by atoms with Gasteiger partial charge in [0.25, 0.3) is 5.91 Å². The van der Waals surface area contributed by atoms with E-state index in [4.69, 9.17) is 14.0 Å². The van der Waals surface area contributed by atoms with Crippen LogP contribution < -0.4 is 4.90 Å². The summed E-state index contributed by atoms with van der Waals surface area (Å²) in [5, 5.41) is 8.03. The van der Waals surface area contributed by atoms with E-state index in [9.17, 15) is 4.79 Å². The molecule has 9 nitrogen and oxygen atoms in total. The number of aromatic nitrogens is 4. The van der Waals surface area contributed by atoms with Crippen molar-refractivity contribution in [1.82, 2.24) is 25.2 Å². The molecular weight excluding hydrogens is 384 g/mol. The van der Waals surface area contributed by atoms with Crippen LogP contribution in [0, 0.1) is 6.92 Å².